The molecule has 7 nitrogen and oxygen atoms in total. The van der Waals surface area contributed by atoms with Crippen LogP contribution in [0.1, 0.15) is 17.3 Å². The average molecular weight is 356 g/mol. The maximum absolute atomic E-state index is 12.2. The van der Waals surface area contributed by atoms with Crippen LogP contribution in [0.15, 0.2) is 34.7 Å². The Labute approximate surface area is 138 Å². The van der Waals surface area contributed by atoms with Gasteiger partial charge in [0.25, 0.3) is 5.91 Å². The third-order valence-electron chi connectivity index (χ3n) is 2.80. The summed E-state index contributed by atoms with van der Waals surface area (Å²) in [5.41, 5.74) is 0.363. The molecule has 0 aliphatic rings. The van der Waals surface area contributed by atoms with Crippen LogP contribution in [0.4, 0.5) is 5.13 Å². The summed E-state index contributed by atoms with van der Waals surface area (Å²) in [7, 11) is -1.82. The van der Waals surface area contributed by atoms with E-state index < -0.39 is 22.0 Å². The van der Waals surface area contributed by atoms with E-state index in [0.29, 0.717) is 11.3 Å². The Balaban J connectivity index is 2.12. The molecule has 0 saturated heterocycles. The highest BCUT2D eigenvalue weighted by molar-refractivity contribution is 7.92. The van der Waals surface area contributed by atoms with Crippen molar-refractivity contribution in [3.63, 3.8) is 0 Å². The van der Waals surface area contributed by atoms with Crippen molar-refractivity contribution in [1.82, 2.24) is 4.98 Å². The number of methoxy groups -OCH3 is 1. The van der Waals surface area contributed by atoms with E-state index >= 15 is 0 Å². The largest absolute Gasteiger partial charge is 0.465 e. The number of ether oxygens (including phenoxy) is 2. The smallest absolute Gasteiger partial charge is 0.257 e. The normalized spacial score (nSPS) is 12.7. The summed E-state index contributed by atoms with van der Waals surface area (Å²) in [4.78, 5) is 16.1. The van der Waals surface area contributed by atoms with Crippen LogP contribution >= 0.6 is 11.3 Å². The molecular weight excluding hydrogens is 340 g/mol. The van der Waals surface area contributed by atoms with Gasteiger partial charge in [-0.1, -0.05) is 17.4 Å². The lowest BCUT2D eigenvalue weighted by molar-refractivity contribution is -0.0383. The van der Waals surface area contributed by atoms with Crippen molar-refractivity contribution < 1.29 is 22.7 Å². The molecule has 2 aromatic rings. The van der Waals surface area contributed by atoms with E-state index in [1.54, 1.807) is 31.2 Å². The molecule has 1 heterocycles. The van der Waals surface area contributed by atoms with Crippen LogP contribution in [0.25, 0.3) is 0 Å². The SMILES string of the molecule is COC(C)Oc1cccc(C(=O)Nc2ncc(S(C)(=O)=O)s2)c1. The molecule has 0 spiro atoms. The molecule has 1 aromatic heterocycles. The summed E-state index contributed by atoms with van der Waals surface area (Å²) >= 11 is 0.899. The zero-order valence-corrected chi connectivity index (χ0v) is 14.4. The van der Waals surface area contributed by atoms with Gasteiger partial charge in [-0.2, -0.15) is 0 Å². The molecule has 0 aliphatic heterocycles. The number of benzene rings is 1. The number of rotatable bonds is 6. The summed E-state index contributed by atoms with van der Waals surface area (Å²) in [6, 6.07) is 6.56. The first-order valence-electron chi connectivity index (χ1n) is 6.56. The van der Waals surface area contributed by atoms with Gasteiger partial charge in [0, 0.05) is 18.9 Å². The zero-order valence-electron chi connectivity index (χ0n) is 12.8. The number of nitrogens with zero attached hydrogens (tertiary/aromatic N) is 1. The molecule has 0 aliphatic carbocycles. The first-order valence-corrected chi connectivity index (χ1v) is 9.27. The predicted octanol–water partition coefficient (Wildman–Crippen LogP) is 2.17. The zero-order chi connectivity index (χ0) is 17.0. The molecule has 1 atom stereocenters. The Bertz CT molecular complexity index is 801. The standard InChI is InChI=1S/C14H16N2O5S2/c1-9(20-2)21-11-6-4-5-10(7-11)13(17)16-14-15-8-12(22-14)23(3,18)19/h4-9H,1-3H3,(H,15,16,17). The lowest BCUT2D eigenvalue weighted by atomic mass is 10.2. The van der Waals surface area contributed by atoms with Gasteiger partial charge in [-0.15, -0.1) is 0 Å². The highest BCUT2D eigenvalue weighted by atomic mass is 32.2. The highest BCUT2D eigenvalue weighted by Crippen LogP contribution is 2.23. The van der Waals surface area contributed by atoms with Gasteiger partial charge in [-0.25, -0.2) is 13.4 Å². The fourth-order valence-corrected chi connectivity index (χ4v) is 3.24. The number of carbonyl (C=O) groups is 1. The number of amides is 1. The van der Waals surface area contributed by atoms with Crippen molar-refractivity contribution in [1.29, 1.82) is 0 Å². The molecule has 1 N–H and O–H groups in total. The number of nitrogens with one attached hydrogen (secondary N) is 1. The van der Waals surface area contributed by atoms with E-state index in [2.05, 4.69) is 10.3 Å². The number of carbonyl (C=O) groups excluding carboxylic acids is 1. The Morgan fingerprint density at radius 3 is 2.74 bits per heavy atom. The van der Waals surface area contributed by atoms with Gasteiger partial charge in [-0.3, -0.25) is 10.1 Å². The van der Waals surface area contributed by atoms with Gasteiger partial charge in [0.05, 0.1) is 6.20 Å². The van der Waals surface area contributed by atoms with Crippen molar-refractivity contribution in [3.05, 3.63) is 36.0 Å². The van der Waals surface area contributed by atoms with Gasteiger partial charge in [0.15, 0.2) is 21.3 Å². The topological polar surface area (TPSA) is 94.6 Å². The summed E-state index contributed by atoms with van der Waals surface area (Å²) in [6.07, 6.45) is 1.86. The van der Waals surface area contributed by atoms with E-state index in [4.69, 9.17) is 9.47 Å². The van der Waals surface area contributed by atoms with Crippen LogP contribution in [0.5, 0.6) is 5.75 Å². The van der Waals surface area contributed by atoms with Crippen molar-refractivity contribution in [2.45, 2.75) is 17.4 Å². The third kappa shape index (κ3) is 4.75. The summed E-state index contributed by atoms with van der Waals surface area (Å²) < 4.78 is 33.4. The lowest BCUT2D eigenvalue weighted by Gasteiger charge is -2.13. The van der Waals surface area contributed by atoms with Gasteiger partial charge in [-0.05, 0) is 25.1 Å². The number of aromatic nitrogens is 1. The van der Waals surface area contributed by atoms with Crippen LogP contribution in [0.3, 0.4) is 0 Å². The lowest BCUT2D eigenvalue weighted by Crippen LogP contribution is -2.15. The fourth-order valence-electron chi connectivity index (χ4n) is 1.61. The van der Waals surface area contributed by atoms with E-state index in [1.807, 2.05) is 0 Å². The molecule has 1 aromatic carbocycles. The minimum absolute atomic E-state index is 0.0961. The first-order chi connectivity index (χ1) is 10.8. The Hall–Kier alpha value is -1.97. The number of hydrogen-bond donors (Lipinski definition) is 1. The second-order valence-corrected chi connectivity index (χ2v) is 7.93. The van der Waals surface area contributed by atoms with E-state index in [-0.39, 0.29) is 9.34 Å². The third-order valence-corrected chi connectivity index (χ3v) is 5.50. The van der Waals surface area contributed by atoms with Crippen molar-refractivity contribution in [3.8, 4) is 5.75 Å². The minimum atomic E-state index is -3.33. The van der Waals surface area contributed by atoms with Crippen molar-refractivity contribution >= 4 is 32.2 Å². The van der Waals surface area contributed by atoms with Gasteiger partial charge >= 0.3 is 0 Å². The molecule has 9 heteroatoms. The van der Waals surface area contributed by atoms with Gasteiger partial charge in [0.1, 0.15) is 9.96 Å². The van der Waals surface area contributed by atoms with Crippen LogP contribution < -0.4 is 10.1 Å². The first kappa shape index (κ1) is 17.4. The highest BCUT2D eigenvalue weighted by Gasteiger charge is 2.15. The van der Waals surface area contributed by atoms with E-state index in [0.717, 1.165) is 17.6 Å². The van der Waals surface area contributed by atoms with E-state index in [9.17, 15) is 13.2 Å². The maximum Gasteiger partial charge on any atom is 0.257 e. The Morgan fingerprint density at radius 1 is 1.39 bits per heavy atom. The van der Waals surface area contributed by atoms with Gasteiger partial charge < -0.3 is 9.47 Å². The Morgan fingerprint density at radius 2 is 2.13 bits per heavy atom. The molecule has 1 amide bonds. The molecule has 0 radical (unpaired) electrons. The van der Waals surface area contributed by atoms with Crippen LogP contribution in [0.2, 0.25) is 0 Å². The van der Waals surface area contributed by atoms with Crippen LogP contribution in [-0.4, -0.2) is 39.0 Å². The van der Waals surface area contributed by atoms with E-state index in [1.165, 1.54) is 13.3 Å². The molecule has 2 rings (SSSR count). The monoisotopic (exact) mass is 356 g/mol. The van der Waals surface area contributed by atoms with Crippen molar-refractivity contribution in [2.75, 3.05) is 18.7 Å². The molecule has 124 valence electrons. The second kappa shape index (κ2) is 7.07. The molecule has 0 bridgehead atoms. The van der Waals surface area contributed by atoms with Crippen molar-refractivity contribution in [2.24, 2.45) is 0 Å². The maximum atomic E-state index is 12.2. The quantitative estimate of drug-likeness (QED) is 0.797. The second-order valence-electron chi connectivity index (χ2n) is 4.66. The van der Waals surface area contributed by atoms with Crippen LogP contribution in [0, 0.1) is 0 Å². The minimum Gasteiger partial charge on any atom is -0.465 e. The number of sulfone groups is 1. The summed E-state index contributed by atoms with van der Waals surface area (Å²) in [5, 5.41) is 2.78. The molecule has 0 saturated carbocycles. The summed E-state index contributed by atoms with van der Waals surface area (Å²) in [6.45, 7) is 1.73. The predicted molar refractivity (Wildman–Crippen MR) is 86.7 cm³/mol. The molecule has 1 unspecified atom stereocenters. The van der Waals surface area contributed by atoms with Gasteiger partial charge in [0.2, 0.25) is 0 Å². The Kier molecular flexibility index (Phi) is 5.34. The average Bonchev–Trinajstić information content (AvgIpc) is 2.96. The molecule has 23 heavy (non-hydrogen) atoms. The van der Waals surface area contributed by atoms with Crippen LogP contribution in [-0.2, 0) is 14.6 Å². The molecular formula is C14H16N2O5S2. The number of anilines is 1. The molecule has 0 fully saturated rings. The fraction of sp³-hybridized carbons (Fsp3) is 0.286. The number of thiazole rings is 1. The number of hydrogen-bond acceptors (Lipinski definition) is 7. The summed E-state index contributed by atoms with van der Waals surface area (Å²) in [5.74, 6) is 0.0814.